The Morgan fingerprint density at radius 2 is 1.12 bits per heavy atom. The first-order chi connectivity index (χ1) is 12.3. The van der Waals surface area contributed by atoms with Crippen LogP contribution in [0.3, 0.4) is 0 Å². The van der Waals surface area contributed by atoms with Crippen LogP contribution in [0.25, 0.3) is 0 Å². The van der Waals surface area contributed by atoms with E-state index in [1.54, 1.807) is 0 Å². The molecule has 3 aromatic rings. The monoisotopic (exact) mass is 327 g/mol. The van der Waals surface area contributed by atoms with Crippen molar-refractivity contribution in [2.24, 2.45) is 0 Å². The molecular weight excluding hydrogens is 306 g/mol. The van der Waals surface area contributed by atoms with Crippen LogP contribution in [0.15, 0.2) is 91.0 Å². The minimum atomic E-state index is -0.149. The summed E-state index contributed by atoms with van der Waals surface area (Å²) in [5.74, 6) is 0.149. The van der Waals surface area contributed by atoms with Crippen LogP contribution in [0.1, 0.15) is 41.1 Å². The lowest BCUT2D eigenvalue weighted by atomic mass is 9.77. The van der Waals surface area contributed by atoms with Gasteiger partial charge < -0.3 is 5.32 Å². The molecule has 25 heavy (non-hydrogen) atoms. The standard InChI is InChI=1S/C23H21NO/c25-21-16-20(17-10-4-1-5-11-17)24-23(19-14-8-3-9-15-19)22(21)18-12-6-2-7-13-18/h1-15,20,22-24H,16H2/t20-,22+,23-/m0/s1. The highest BCUT2D eigenvalue weighted by molar-refractivity contribution is 5.88. The van der Waals surface area contributed by atoms with Crippen molar-refractivity contribution in [2.45, 2.75) is 24.4 Å². The SMILES string of the molecule is O=C1C[C@@H](c2ccccc2)N[C@@H](c2ccccc2)[C@@H]1c1ccccc1. The highest BCUT2D eigenvalue weighted by atomic mass is 16.1. The molecule has 0 unspecified atom stereocenters. The molecule has 1 fully saturated rings. The van der Waals surface area contributed by atoms with Gasteiger partial charge in [-0.2, -0.15) is 0 Å². The van der Waals surface area contributed by atoms with Crippen LogP contribution in [0.4, 0.5) is 0 Å². The number of hydrogen-bond acceptors (Lipinski definition) is 2. The molecule has 0 aromatic heterocycles. The zero-order valence-corrected chi connectivity index (χ0v) is 14.0. The fourth-order valence-electron chi connectivity index (χ4n) is 3.77. The van der Waals surface area contributed by atoms with Crippen LogP contribution < -0.4 is 5.32 Å². The number of piperidine rings is 1. The molecule has 1 saturated heterocycles. The fourth-order valence-corrected chi connectivity index (χ4v) is 3.77. The van der Waals surface area contributed by atoms with E-state index in [0.717, 1.165) is 11.1 Å². The first kappa shape index (κ1) is 15.8. The van der Waals surface area contributed by atoms with Gasteiger partial charge in [-0.05, 0) is 16.7 Å². The molecule has 124 valence electrons. The van der Waals surface area contributed by atoms with Gasteiger partial charge in [-0.25, -0.2) is 0 Å². The Kier molecular flexibility index (Phi) is 4.45. The Balaban J connectivity index is 1.73. The van der Waals surface area contributed by atoms with Gasteiger partial charge in [0.05, 0.1) is 5.92 Å². The summed E-state index contributed by atoms with van der Waals surface area (Å²) in [6.45, 7) is 0. The summed E-state index contributed by atoms with van der Waals surface area (Å²) in [5, 5.41) is 3.74. The Morgan fingerprint density at radius 1 is 0.640 bits per heavy atom. The number of ketones is 1. The van der Waals surface area contributed by atoms with E-state index in [9.17, 15) is 4.79 Å². The van der Waals surface area contributed by atoms with E-state index in [2.05, 4.69) is 41.7 Å². The lowest BCUT2D eigenvalue weighted by molar-refractivity contribution is -0.123. The molecule has 2 heteroatoms. The first-order valence-electron chi connectivity index (χ1n) is 8.76. The molecule has 0 bridgehead atoms. The molecule has 3 atom stereocenters. The minimum Gasteiger partial charge on any atom is -0.302 e. The summed E-state index contributed by atoms with van der Waals surface area (Å²) in [6.07, 6.45) is 0.521. The van der Waals surface area contributed by atoms with Gasteiger partial charge in [0.1, 0.15) is 5.78 Å². The van der Waals surface area contributed by atoms with Crippen molar-refractivity contribution in [3.05, 3.63) is 108 Å². The van der Waals surface area contributed by atoms with Crippen molar-refractivity contribution in [2.75, 3.05) is 0 Å². The molecule has 3 aromatic carbocycles. The molecule has 0 aliphatic carbocycles. The van der Waals surface area contributed by atoms with E-state index in [4.69, 9.17) is 0 Å². The number of rotatable bonds is 3. The van der Waals surface area contributed by atoms with Crippen LogP contribution in [0, 0.1) is 0 Å². The second-order valence-corrected chi connectivity index (χ2v) is 6.58. The summed E-state index contributed by atoms with van der Waals surface area (Å²) >= 11 is 0. The molecule has 1 N–H and O–H groups in total. The number of nitrogens with one attached hydrogen (secondary N) is 1. The number of Topliss-reactive ketones (excluding diaryl/α,β-unsaturated/α-hetero) is 1. The maximum atomic E-state index is 13.1. The van der Waals surface area contributed by atoms with Crippen molar-refractivity contribution < 1.29 is 4.79 Å². The molecule has 1 aliphatic heterocycles. The van der Waals surface area contributed by atoms with Crippen molar-refractivity contribution in [1.29, 1.82) is 0 Å². The third kappa shape index (κ3) is 3.26. The predicted octanol–water partition coefficient (Wildman–Crippen LogP) is 4.82. The minimum absolute atomic E-state index is 0.0185. The number of benzene rings is 3. The van der Waals surface area contributed by atoms with Crippen molar-refractivity contribution in [3.8, 4) is 0 Å². The van der Waals surface area contributed by atoms with E-state index in [1.807, 2.05) is 54.6 Å². The highest BCUT2D eigenvalue weighted by Crippen LogP contribution is 2.40. The second-order valence-electron chi connectivity index (χ2n) is 6.58. The molecule has 0 radical (unpaired) electrons. The highest BCUT2D eigenvalue weighted by Gasteiger charge is 2.38. The maximum Gasteiger partial charge on any atom is 0.144 e. The van der Waals surface area contributed by atoms with E-state index in [-0.39, 0.29) is 18.0 Å². The largest absolute Gasteiger partial charge is 0.302 e. The average Bonchev–Trinajstić information content (AvgIpc) is 2.69. The number of hydrogen-bond donors (Lipinski definition) is 1. The summed E-state index contributed by atoms with van der Waals surface area (Å²) in [6, 6.07) is 30.7. The van der Waals surface area contributed by atoms with Gasteiger partial charge in [0.15, 0.2) is 0 Å². The lowest BCUT2D eigenvalue weighted by Crippen LogP contribution is -2.41. The summed E-state index contributed by atoms with van der Waals surface area (Å²) < 4.78 is 0. The van der Waals surface area contributed by atoms with Gasteiger partial charge in [0.25, 0.3) is 0 Å². The molecule has 0 amide bonds. The van der Waals surface area contributed by atoms with Crippen LogP contribution in [-0.2, 0) is 4.79 Å². The predicted molar refractivity (Wildman–Crippen MR) is 100 cm³/mol. The zero-order chi connectivity index (χ0) is 17.1. The van der Waals surface area contributed by atoms with Gasteiger partial charge in [-0.1, -0.05) is 91.0 Å². The van der Waals surface area contributed by atoms with Gasteiger partial charge in [-0.3, -0.25) is 4.79 Å². The number of carbonyl (C=O) groups excluding carboxylic acids is 1. The van der Waals surface area contributed by atoms with E-state index >= 15 is 0 Å². The first-order valence-corrected chi connectivity index (χ1v) is 8.76. The molecular formula is C23H21NO. The molecule has 0 spiro atoms. The smallest absolute Gasteiger partial charge is 0.144 e. The van der Waals surface area contributed by atoms with Crippen LogP contribution in [0.2, 0.25) is 0 Å². The Hall–Kier alpha value is -2.71. The van der Waals surface area contributed by atoms with Gasteiger partial charge in [-0.15, -0.1) is 0 Å². The maximum absolute atomic E-state index is 13.1. The third-order valence-corrected chi connectivity index (χ3v) is 4.99. The summed E-state index contributed by atoms with van der Waals surface area (Å²) in [4.78, 5) is 13.1. The van der Waals surface area contributed by atoms with Crippen molar-refractivity contribution in [3.63, 3.8) is 0 Å². The average molecular weight is 327 g/mol. The van der Waals surface area contributed by atoms with Crippen LogP contribution in [0.5, 0.6) is 0 Å². The van der Waals surface area contributed by atoms with Crippen LogP contribution >= 0.6 is 0 Å². The zero-order valence-electron chi connectivity index (χ0n) is 14.0. The number of carbonyl (C=O) groups is 1. The van der Waals surface area contributed by atoms with Crippen molar-refractivity contribution in [1.82, 2.24) is 5.32 Å². The van der Waals surface area contributed by atoms with Crippen molar-refractivity contribution >= 4 is 5.78 Å². The van der Waals surface area contributed by atoms with E-state index in [0.29, 0.717) is 12.2 Å². The van der Waals surface area contributed by atoms with Gasteiger partial charge >= 0.3 is 0 Å². The molecule has 0 saturated carbocycles. The molecule has 4 rings (SSSR count). The molecule has 1 aliphatic rings. The van der Waals surface area contributed by atoms with E-state index < -0.39 is 0 Å². The second kappa shape index (κ2) is 7.04. The Labute approximate surface area is 148 Å². The Bertz CT molecular complexity index is 830. The third-order valence-electron chi connectivity index (χ3n) is 4.99. The normalized spacial score (nSPS) is 23.4. The topological polar surface area (TPSA) is 29.1 Å². The Morgan fingerprint density at radius 3 is 1.68 bits per heavy atom. The molecule has 2 nitrogen and oxygen atoms in total. The van der Waals surface area contributed by atoms with Gasteiger partial charge in [0, 0.05) is 18.5 Å². The lowest BCUT2D eigenvalue weighted by Gasteiger charge is -2.37. The fraction of sp³-hybridized carbons (Fsp3) is 0.174. The molecule has 1 heterocycles. The summed E-state index contributed by atoms with van der Waals surface area (Å²) in [7, 11) is 0. The van der Waals surface area contributed by atoms with Crippen LogP contribution in [-0.4, -0.2) is 5.78 Å². The van der Waals surface area contributed by atoms with Gasteiger partial charge in [0.2, 0.25) is 0 Å². The summed E-state index contributed by atoms with van der Waals surface area (Å²) in [5.41, 5.74) is 3.41. The quantitative estimate of drug-likeness (QED) is 0.747. The van der Waals surface area contributed by atoms with E-state index in [1.165, 1.54) is 5.56 Å².